The Kier molecular flexibility index (Phi) is 17.9. The average Bonchev–Trinajstić information content (AvgIpc) is 4.12. The van der Waals surface area contributed by atoms with Crippen LogP contribution in [0, 0.1) is 0 Å². The maximum absolute atomic E-state index is 12.8. The predicted octanol–water partition coefficient (Wildman–Crippen LogP) is 13.0. The molecule has 3 N–H and O–H groups in total. The van der Waals surface area contributed by atoms with E-state index in [0.717, 1.165) is 34.1 Å². The topological polar surface area (TPSA) is 242 Å². The number of ether oxygens (including phenoxy) is 1. The van der Waals surface area contributed by atoms with E-state index in [-0.39, 0.29) is 65.0 Å². The van der Waals surface area contributed by atoms with Gasteiger partial charge in [0.2, 0.25) is 4.84 Å². The number of rotatable bonds is 16. The second-order valence-electron chi connectivity index (χ2n) is 16.2. The van der Waals surface area contributed by atoms with Crippen molar-refractivity contribution in [1.82, 2.24) is 14.9 Å². The van der Waals surface area contributed by atoms with Crippen LogP contribution >= 0.6 is 80.8 Å². The standard InChI is InChI=1S/C32H21Cl4N9O7S4.C16H19N3S/c33-27(34)29(46)39-22-3-1-2-21-25(22)23(42-40-17-4-8-19(9-5-17)55(48,49)44-31-37-12-14-53-31)16-24(26(21)52-30(47)28(35)36)43-41-18-6-10-20(11-7-18)56(50,51)45-32-38-13-15-54-32;1-18(2)11-5-7-13-15(9-11)20-16-10-12(19(3)4)6-8-14(16)17-13/h1-16,27-28H,(H,37,44)(H,38,45)(H,39,46);5-11H,1-4H3. The molecule has 0 saturated carbocycles. The normalized spacial score (nSPS) is 14.3. The minimum absolute atomic E-state index is 0.0514. The molecule has 76 heavy (non-hydrogen) atoms. The summed E-state index contributed by atoms with van der Waals surface area (Å²) in [5.41, 5.74) is 3.86. The highest BCUT2D eigenvalue weighted by atomic mass is 35.5. The highest BCUT2D eigenvalue weighted by Gasteiger charge is 2.25. The molecule has 1 unspecified atom stereocenters. The van der Waals surface area contributed by atoms with Crippen LogP contribution in [0.3, 0.4) is 0 Å². The van der Waals surface area contributed by atoms with Crippen molar-refractivity contribution >= 4 is 179 Å². The molecule has 392 valence electrons. The number of thioether (sulfide) groups is 1. The Balaban J connectivity index is 0.000000318. The number of anilines is 4. The van der Waals surface area contributed by atoms with Crippen molar-refractivity contribution in [1.29, 1.82) is 0 Å². The van der Waals surface area contributed by atoms with Crippen LogP contribution in [0.15, 0.2) is 177 Å². The quantitative estimate of drug-likeness (QED) is 0.0354. The summed E-state index contributed by atoms with van der Waals surface area (Å²) in [6, 6.07) is 23.5. The number of carbonyl (C=O) groups is 2. The van der Waals surface area contributed by atoms with Crippen molar-refractivity contribution in [2.45, 2.75) is 30.4 Å². The van der Waals surface area contributed by atoms with Crippen molar-refractivity contribution in [3.05, 3.63) is 137 Å². The Labute approximate surface area is 468 Å². The largest absolute Gasteiger partial charge is 0.421 e. The smallest absolute Gasteiger partial charge is 0.344 e. The fourth-order valence-corrected chi connectivity index (χ4v) is 11.7. The molecule has 28 heteroatoms. The molecular weight excluding hydrogens is 1160 g/mol. The van der Waals surface area contributed by atoms with Gasteiger partial charge in [-0.2, -0.15) is 10.2 Å². The van der Waals surface area contributed by atoms with E-state index >= 15 is 0 Å². The third-order valence-electron chi connectivity index (χ3n) is 10.6. The molecule has 0 spiro atoms. The number of allylic oxidation sites excluding steroid dienone is 2. The molecule has 0 fully saturated rings. The fraction of sp³-hybridized carbons (Fsp3) is 0.146. The average molecular weight is 1200 g/mol. The lowest BCUT2D eigenvalue weighted by Gasteiger charge is -2.25. The summed E-state index contributed by atoms with van der Waals surface area (Å²) >= 11 is 27.3. The van der Waals surface area contributed by atoms with Crippen LogP contribution in [-0.4, -0.2) is 93.2 Å². The molecule has 1 amide bonds. The van der Waals surface area contributed by atoms with Gasteiger partial charge < -0.3 is 15.0 Å². The number of likely N-dealkylation sites (N-methyl/N-ethyl adjacent to an activating group) is 1. The van der Waals surface area contributed by atoms with E-state index in [9.17, 15) is 26.4 Å². The second-order valence-corrected chi connectivity index (χ2v) is 24.7. The Morgan fingerprint density at radius 3 is 1.84 bits per heavy atom. The molecule has 1 aliphatic heterocycles. The van der Waals surface area contributed by atoms with Gasteiger partial charge in [0, 0.05) is 69.6 Å². The summed E-state index contributed by atoms with van der Waals surface area (Å²) in [5.74, 6) is -2.06. The van der Waals surface area contributed by atoms with Crippen molar-refractivity contribution in [2.24, 2.45) is 25.4 Å². The number of hydrogen-bond acceptors (Lipinski definition) is 19. The van der Waals surface area contributed by atoms with Crippen LogP contribution in [0.25, 0.3) is 10.8 Å². The van der Waals surface area contributed by atoms with Crippen LogP contribution in [0.5, 0.6) is 5.75 Å². The summed E-state index contributed by atoms with van der Waals surface area (Å²) < 4.78 is 61.6. The van der Waals surface area contributed by atoms with Gasteiger partial charge in [0.25, 0.3) is 26.0 Å². The Hall–Kier alpha value is -6.32. The SMILES string of the molecule is CN(C)c1ccc2c(c1)SC1=CC(N(C)C)C=CC1=N2.O=C(Nc1cccc2c(OC(=O)C(Cl)Cl)c(N=Nc3ccc(S(=O)(=O)Nc4nccs4)cc3)cc(N=Nc3ccc(S(=O)(=O)Nc4nccs4)cc3)c12)C(Cl)Cl. The van der Waals surface area contributed by atoms with Gasteiger partial charge in [-0.3, -0.25) is 19.1 Å². The monoisotopic (exact) mass is 1200 g/mol. The maximum Gasteiger partial charge on any atom is 0.344 e. The number of aliphatic imine (C=N–C) groups is 1. The number of carbonyl (C=O) groups excluding carboxylic acids is 2. The van der Waals surface area contributed by atoms with Gasteiger partial charge in [-0.25, -0.2) is 36.6 Å². The van der Waals surface area contributed by atoms with Crippen molar-refractivity contribution in [3.8, 4) is 5.75 Å². The van der Waals surface area contributed by atoms with Gasteiger partial charge in [0.05, 0.1) is 43.9 Å². The number of aromatic nitrogens is 2. The molecule has 3 heterocycles. The minimum atomic E-state index is -3.95. The molecule has 2 aliphatic rings. The summed E-state index contributed by atoms with van der Waals surface area (Å²) in [6.07, 6.45) is 9.54. The van der Waals surface area contributed by atoms with E-state index in [1.807, 2.05) is 11.8 Å². The second kappa shape index (κ2) is 24.3. The number of amides is 1. The minimum Gasteiger partial charge on any atom is -0.421 e. The van der Waals surface area contributed by atoms with E-state index in [1.54, 1.807) is 10.8 Å². The van der Waals surface area contributed by atoms with Gasteiger partial charge in [-0.15, -0.1) is 32.9 Å². The first-order valence-corrected chi connectivity index (χ1v) is 29.2. The van der Waals surface area contributed by atoms with Gasteiger partial charge in [0.1, 0.15) is 5.69 Å². The first kappa shape index (κ1) is 55.9. The molecule has 1 atom stereocenters. The highest BCUT2D eigenvalue weighted by molar-refractivity contribution is 8.04. The number of nitrogens with zero attached hydrogens (tertiary/aromatic N) is 9. The van der Waals surface area contributed by atoms with Gasteiger partial charge >= 0.3 is 5.97 Å². The van der Waals surface area contributed by atoms with Crippen LogP contribution in [0.4, 0.5) is 50.1 Å². The Morgan fingerprint density at radius 2 is 1.32 bits per heavy atom. The summed E-state index contributed by atoms with van der Waals surface area (Å²) in [6.45, 7) is 0. The Morgan fingerprint density at radius 1 is 0.724 bits per heavy atom. The number of halogens is 4. The van der Waals surface area contributed by atoms with E-state index < -0.39 is 41.6 Å². The predicted molar refractivity (Wildman–Crippen MR) is 305 cm³/mol. The Bertz CT molecular complexity index is 3670. The maximum atomic E-state index is 12.8. The molecule has 2 aromatic heterocycles. The lowest BCUT2D eigenvalue weighted by Crippen LogP contribution is -2.27. The van der Waals surface area contributed by atoms with Crippen molar-refractivity contribution in [2.75, 3.05) is 47.9 Å². The number of thiazole rings is 2. The molecule has 9 rings (SSSR count). The van der Waals surface area contributed by atoms with Gasteiger partial charge in [-0.1, -0.05) is 76.4 Å². The zero-order valence-electron chi connectivity index (χ0n) is 39.9. The number of benzene rings is 5. The number of fused-ring (bicyclic) bond motifs is 3. The lowest BCUT2D eigenvalue weighted by atomic mass is 10.0. The molecule has 19 nitrogen and oxygen atoms in total. The zero-order valence-corrected chi connectivity index (χ0v) is 47.0. The van der Waals surface area contributed by atoms with Crippen LogP contribution < -0.4 is 24.4 Å². The van der Waals surface area contributed by atoms with Gasteiger partial charge in [0.15, 0.2) is 20.8 Å². The number of esters is 1. The van der Waals surface area contributed by atoms with Crippen molar-refractivity contribution < 1.29 is 31.2 Å². The molecule has 1 aliphatic carbocycles. The molecule has 7 aromatic rings. The molecule has 5 aromatic carbocycles. The van der Waals surface area contributed by atoms with Crippen molar-refractivity contribution in [3.63, 3.8) is 0 Å². The summed E-state index contributed by atoms with van der Waals surface area (Å²) in [5, 5.41) is 23.7. The zero-order chi connectivity index (χ0) is 54.3. The number of alkyl halides is 4. The van der Waals surface area contributed by atoms with Crippen LogP contribution in [0.1, 0.15) is 0 Å². The van der Waals surface area contributed by atoms with E-state index in [0.29, 0.717) is 6.04 Å². The third kappa shape index (κ3) is 13.8. The summed E-state index contributed by atoms with van der Waals surface area (Å²) in [7, 11) is 0.417. The number of hydrogen-bond donors (Lipinski definition) is 3. The fourth-order valence-electron chi connectivity index (χ4n) is 6.89. The van der Waals surface area contributed by atoms with Gasteiger partial charge in [-0.05, 0) is 105 Å². The first-order valence-electron chi connectivity index (χ1n) is 22.0. The van der Waals surface area contributed by atoms with Crippen LogP contribution in [-0.2, 0) is 29.6 Å². The molecule has 0 bridgehead atoms. The number of nitrogens with one attached hydrogen (secondary N) is 3. The summed E-state index contributed by atoms with van der Waals surface area (Å²) in [4.78, 5) is 41.6. The van der Waals surface area contributed by atoms with E-state index in [4.69, 9.17) is 56.1 Å². The highest BCUT2D eigenvalue weighted by Crippen LogP contribution is 2.47. The van der Waals surface area contributed by atoms with E-state index in [1.165, 1.54) is 101 Å². The van der Waals surface area contributed by atoms with E-state index in [2.05, 4.69) is 120 Å². The number of sulfonamides is 2. The molecule has 0 saturated heterocycles. The molecular formula is C48H40Cl4N12O7S5. The van der Waals surface area contributed by atoms with Crippen LogP contribution in [0.2, 0.25) is 0 Å². The first-order chi connectivity index (χ1) is 36.2. The third-order valence-corrected chi connectivity index (χ3v) is 16.8. The number of azo groups is 2. The molecule has 0 radical (unpaired) electrons. The lowest BCUT2D eigenvalue weighted by molar-refractivity contribution is -0.132.